The summed E-state index contributed by atoms with van der Waals surface area (Å²) in [7, 11) is -3.52. The minimum absolute atomic E-state index is 0.00396. The van der Waals surface area contributed by atoms with Crippen LogP contribution in [0.25, 0.3) is 0 Å². The van der Waals surface area contributed by atoms with Crippen molar-refractivity contribution in [3.05, 3.63) is 40.4 Å². The van der Waals surface area contributed by atoms with Crippen LogP contribution in [0.2, 0.25) is 0 Å². The van der Waals surface area contributed by atoms with Crippen LogP contribution in [0.3, 0.4) is 0 Å². The lowest BCUT2D eigenvalue weighted by atomic mass is 10.2. The number of ether oxygens (including phenoxy) is 4. The number of benzene rings is 2. The molecule has 2 aromatic rings. The third-order valence-corrected chi connectivity index (χ3v) is 5.76. The van der Waals surface area contributed by atoms with Gasteiger partial charge >= 0.3 is 0 Å². The standard InChI is InChI=1S/C10H11FO5S.C9H8BrFO3/c1-17(13,14)7-2-8(11)10-9(3-7)16-6(4-12)5-15-10;10-5-1-7(11)9-8(2-5)14-6(3-12)4-13-9/h2-3,6,12H,4-5H2,1H3;1-2,6,12H,3-4H2. The highest BCUT2D eigenvalue weighted by Crippen LogP contribution is 2.37. The molecule has 2 heterocycles. The molecule has 2 aromatic carbocycles. The summed E-state index contributed by atoms with van der Waals surface area (Å²) in [6.07, 6.45) is -0.0608. The van der Waals surface area contributed by atoms with Crippen LogP contribution in [-0.4, -0.2) is 63.5 Å². The van der Waals surface area contributed by atoms with E-state index in [-0.39, 0.29) is 48.6 Å². The molecule has 0 fully saturated rings. The Morgan fingerprint density at radius 1 is 0.935 bits per heavy atom. The molecule has 0 saturated heterocycles. The smallest absolute Gasteiger partial charge is 0.197 e. The Balaban J connectivity index is 0.000000179. The van der Waals surface area contributed by atoms with Crippen LogP contribution in [0.5, 0.6) is 23.0 Å². The molecular formula is C19H19BrF2O8S. The predicted octanol–water partition coefficient (Wildman–Crippen LogP) is 2.08. The molecule has 0 aliphatic carbocycles. The Labute approximate surface area is 185 Å². The average molecular weight is 525 g/mol. The van der Waals surface area contributed by atoms with Gasteiger partial charge in [-0.1, -0.05) is 15.9 Å². The number of aliphatic hydroxyl groups excluding tert-OH is 2. The molecular weight excluding hydrogens is 506 g/mol. The van der Waals surface area contributed by atoms with Crippen molar-refractivity contribution >= 4 is 25.8 Å². The van der Waals surface area contributed by atoms with Gasteiger partial charge in [0.05, 0.1) is 18.1 Å². The quantitative estimate of drug-likeness (QED) is 0.627. The Morgan fingerprint density at radius 2 is 1.42 bits per heavy atom. The Hall–Kier alpha value is -2.15. The largest absolute Gasteiger partial charge is 0.483 e. The molecule has 31 heavy (non-hydrogen) atoms. The molecule has 2 aliphatic heterocycles. The van der Waals surface area contributed by atoms with Crippen LogP contribution in [0, 0.1) is 11.6 Å². The Morgan fingerprint density at radius 3 is 1.90 bits per heavy atom. The summed E-state index contributed by atoms with van der Waals surface area (Å²) in [5.74, 6) is -0.956. The van der Waals surface area contributed by atoms with E-state index in [1.165, 1.54) is 12.1 Å². The lowest BCUT2D eigenvalue weighted by Gasteiger charge is -2.25. The number of fused-ring (bicyclic) bond motifs is 2. The lowest BCUT2D eigenvalue weighted by molar-refractivity contribution is 0.0425. The van der Waals surface area contributed by atoms with Gasteiger partial charge in [0.1, 0.15) is 13.2 Å². The molecule has 0 amide bonds. The van der Waals surface area contributed by atoms with E-state index in [9.17, 15) is 17.2 Å². The van der Waals surface area contributed by atoms with Gasteiger partial charge in [0.25, 0.3) is 0 Å². The SMILES string of the molecule is CS(=O)(=O)c1cc(F)c2c(c1)OC(CO)CO2.OCC1COc2c(F)cc(Br)cc2O1. The summed E-state index contributed by atoms with van der Waals surface area (Å²) in [5.41, 5.74) is 0. The van der Waals surface area contributed by atoms with Crippen molar-refractivity contribution in [1.29, 1.82) is 0 Å². The van der Waals surface area contributed by atoms with Crippen LogP contribution in [0.1, 0.15) is 0 Å². The molecule has 0 saturated carbocycles. The third kappa shape index (κ3) is 5.56. The number of halogens is 3. The second kappa shape index (κ2) is 9.55. The number of rotatable bonds is 3. The second-order valence-corrected chi connectivity index (χ2v) is 9.62. The van der Waals surface area contributed by atoms with Crippen molar-refractivity contribution < 1.29 is 46.4 Å². The number of sulfone groups is 1. The van der Waals surface area contributed by atoms with Crippen molar-refractivity contribution in [1.82, 2.24) is 0 Å². The van der Waals surface area contributed by atoms with Crippen molar-refractivity contribution in [3.8, 4) is 23.0 Å². The molecule has 0 bridgehead atoms. The third-order valence-electron chi connectivity index (χ3n) is 4.21. The van der Waals surface area contributed by atoms with Crippen molar-refractivity contribution in [3.63, 3.8) is 0 Å². The molecule has 0 radical (unpaired) electrons. The summed E-state index contributed by atoms with van der Waals surface area (Å²) >= 11 is 3.15. The number of aliphatic hydroxyl groups is 2. The first-order valence-electron chi connectivity index (χ1n) is 8.95. The van der Waals surface area contributed by atoms with Crippen molar-refractivity contribution in [2.45, 2.75) is 17.1 Å². The molecule has 2 aliphatic rings. The highest BCUT2D eigenvalue weighted by molar-refractivity contribution is 9.10. The van der Waals surface area contributed by atoms with Crippen LogP contribution in [0.15, 0.2) is 33.6 Å². The van der Waals surface area contributed by atoms with Gasteiger partial charge in [0.15, 0.2) is 56.7 Å². The van der Waals surface area contributed by atoms with E-state index in [1.807, 2.05) is 0 Å². The molecule has 12 heteroatoms. The number of hydrogen-bond acceptors (Lipinski definition) is 8. The van der Waals surface area contributed by atoms with Gasteiger partial charge in [-0.05, 0) is 18.2 Å². The second-order valence-electron chi connectivity index (χ2n) is 6.69. The van der Waals surface area contributed by atoms with Gasteiger partial charge in [-0.15, -0.1) is 0 Å². The fourth-order valence-electron chi connectivity index (χ4n) is 2.71. The molecule has 2 unspecified atom stereocenters. The first-order valence-corrected chi connectivity index (χ1v) is 11.6. The first-order chi connectivity index (χ1) is 14.6. The van der Waals surface area contributed by atoms with E-state index in [4.69, 9.17) is 29.2 Å². The fourth-order valence-corrected chi connectivity index (χ4v) is 3.76. The van der Waals surface area contributed by atoms with E-state index in [0.717, 1.165) is 12.3 Å². The van der Waals surface area contributed by atoms with E-state index >= 15 is 0 Å². The van der Waals surface area contributed by atoms with E-state index in [0.29, 0.717) is 10.2 Å². The summed E-state index contributed by atoms with van der Waals surface area (Å²) in [6.45, 7) is -0.238. The van der Waals surface area contributed by atoms with E-state index in [1.54, 1.807) is 6.07 Å². The maximum absolute atomic E-state index is 13.6. The lowest BCUT2D eigenvalue weighted by Crippen LogP contribution is -2.32. The maximum Gasteiger partial charge on any atom is 0.197 e. The predicted molar refractivity (Wildman–Crippen MR) is 108 cm³/mol. The zero-order valence-electron chi connectivity index (χ0n) is 16.2. The highest BCUT2D eigenvalue weighted by Gasteiger charge is 2.26. The van der Waals surface area contributed by atoms with Gasteiger partial charge in [0, 0.05) is 16.8 Å². The van der Waals surface area contributed by atoms with Gasteiger partial charge in [-0.2, -0.15) is 0 Å². The normalized spacial score (nSPS) is 19.3. The topological polar surface area (TPSA) is 112 Å². The molecule has 0 aromatic heterocycles. The minimum atomic E-state index is -3.52. The summed E-state index contributed by atoms with van der Waals surface area (Å²) in [5, 5.41) is 17.7. The van der Waals surface area contributed by atoms with Crippen LogP contribution >= 0.6 is 15.9 Å². The zero-order chi connectivity index (χ0) is 22.8. The van der Waals surface area contributed by atoms with E-state index in [2.05, 4.69) is 15.9 Å². The zero-order valence-corrected chi connectivity index (χ0v) is 18.6. The summed E-state index contributed by atoms with van der Waals surface area (Å²) in [4.78, 5) is -0.184. The summed E-state index contributed by atoms with van der Waals surface area (Å²) < 4.78 is 70.7. The maximum atomic E-state index is 13.6. The van der Waals surface area contributed by atoms with Crippen LogP contribution in [-0.2, 0) is 9.84 Å². The Bertz CT molecular complexity index is 1060. The molecule has 2 N–H and O–H groups in total. The van der Waals surface area contributed by atoms with Crippen LogP contribution in [0.4, 0.5) is 8.78 Å². The van der Waals surface area contributed by atoms with Gasteiger partial charge in [0.2, 0.25) is 0 Å². The van der Waals surface area contributed by atoms with Crippen LogP contribution < -0.4 is 18.9 Å². The van der Waals surface area contributed by atoms with Crippen molar-refractivity contribution in [2.75, 3.05) is 32.7 Å². The molecule has 170 valence electrons. The minimum Gasteiger partial charge on any atom is -0.483 e. The van der Waals surface area contributed by atoms with Crippen molar-refractivity contribution in [2.24, 2.45) is 0 Å². The molecule has 8 nitrogen and oxygen atoms in total. The summed E-state index contributed by atoms with van der Waals surface area (Å²) in [6, 6.07) is 4.99. The first kappa shape index (κ1) is 23.5. The molecule has 0 spiro atoms. The van der Waals surface area contributed by atoms with Gasteiger partial charge in [-0.25, -0.2) is 17.2 Å². The van der Waals surface area contributed by atoms with Gasteiger partial charge in [-0.3, -0.25) is 0 Å². The molecule has 4 rings (SSSR count). The number of hydrogen-bond donors (Lipinski definition) is 2. The molecule has 2 atom stereocenters. The highest BCUT2D eigenvalue weighted by atomic mass is 79.9. The monoisotopic (exact) mass is 524 g/mol. The van der Waals surface area contributed by atoms with Gasteiger partial charge < -0.3 is 29.2 Å². The van der Waals surface area contributed by atoms with E-state index < -0.39 is 33.7 Å². The average Bonchev–Trinajstić information content (AvgIpc) is 2.72. The Kier molecular flexibility index (Phi) is 7.24. The fraction of sp³-hybridized carbons (Fsp3) is 0.368.